The number of rotatable bonds is 3. The van der Waals surface area contributed by atoms with Crippen molar-refractivity contribution in [3.05, 3.63) is 34.9 Å². The van der Waals surface area contributed by atoms with Gasteiger partial charge in [-0.15, -0.1) is 0 Å². The van der Waals surface area contributed by atoms with Crippen LogP contribution in [0.1, 0.15) is 42.0 Å². The third-order valence-electron chi connectivity index (χ3n) is 4.96. The second kappa shape index (κ2) is 6.63. The normalized spacial score (nSPS) is 21.2. The van der Waals surface area contributed by atoms with Gasteiger partial charge in [-0.2, -0.15) is 0 Å². The van der Waals surface area contributed by atoms with Crippen molar-refractivity contribution in [2.75, 3.05) is 19.6 Å². The summed E-state index contributed by atoms with van der Waals surface area (Å²) >= 11 is 0. The van der Waals surface area contributed by atoms with Crippen LogP contribution in [-0.2, 0) is 9.59 Å². The zero-order chi connectivity index (χ0) is 17.3. The molecule has 2 heterocycles. The number of benzene rings is 1. The van der Waals surface area contributed by atoms with Crippen molar-refractivity contribution >= 4 is 17.8 Å². The highest BCUT2D eigenvalue weighted by atomic mass is 16.2. The van der Waals surface area contributed by atoms with Crippen LogP contribution in [0.5, 0.6) is 0 Å². The molecule has 0 saturated carbocycles. The summed E-state index contributed by atoms with van der Waals surface area (Å²) in [5, 5.41) is 2.26. The summed E-state index contributed by atoms with van der Waals surface area (Å²) in [6.07, 6.45) is 2.16. The monoisotopic (exact) mass is 329 g/mol. The van der Waals surface area contributed by atoms with Gasteiger partial charge in [0.25, 0.3) is 0 Å². The Bertz CT molecular complexity index is 686. The van der Waals surface area contributed by atoms with Gasteiger partial charge in [-0.3, -0.25) is 14.9 Å². The van der Waals surface area contributed by atoms with E-state index in [2.05, 4.69) is 37.4 Å². The predicted molar refractivity (Wildman–Crippen MR) is 89.3 cm³/mol. The van der Waals surface area contributed by atoms with Gasteiger partial charge in [-0.05, 0) is 43.4 Å². The van der Waals surface area contributed by atoms with E-state index in [9.17, 15) is 14.4 Å². The largest absolute Gasteiger partial charge is 0.334 e. The molecule has 6 nitrogen and oxygen atoms in total. The SMILES string of the molecule is Cc1ccc(C2CCCN2C(=O)CN2CCC(=O)NC2=O)cc1C. The summed E-state index contributed by atoms with van der Waals surface area (Å²) < 4.78 is 0. The molecule has 0 radical (unpaired) electrons. The minimum Gasteiger partial charge on any atom is -0.334 e. The molecule has 1 N–H and O–H groups in total. The Labute approximate surface area is 141 Å². The molecule has 2 fully saturated rings. The maximum atomic E-state index is 12.7. The molecule has 0 aromatic heterocycles. The number of hydrogen-bond donors (Lipinski definition) is 1. The number of carbonyl (C=O) groups excluding carboxylic acids is 3. The van der Waals surface area contributed by atoms with Crippen LogP contribution >= 0.6 is 0 Å². The number of hydrogen-bond acceptors (Lipinski definition) is 3. The maximum Gasteiger partial charge on any atom is 0.324 e. The van der Waals surface area contributed by atoms with Crippen LogP contribution in [0.2, 0.25) is 0 Å². The molecular weight excluding hydrogens is 306 g/mol. The summed E-state index contributed by atoms with van der Waals surface area (Å²) in [7, 11) is 0. The number of aryl methyl sites for hydroxylation is 2. The van der Waals surface area contributed by atoms with Crippen molar-refractivity contribution in [1.82, 2.24) is 15.1 Å². The summed E-state index contributed by atoms with van der Waals surface area (Å²) in [6.45, 7) is 5.20. The van der Waals surface area contributed by atoms with E-state index in [0.29, 0.717) is 13.1 Å². The van der Waals surface area contributed by atoms with Crippen molar-refractivity contribution in [3.63, 3.8) is 0 Å². The summed E-state index contributed by atoms with van der Waals surface area (Å²) in [5.41, 5.74) is 3.62. The molecule has 1 aromatic carbocycles. The minimum absolute atomic E-state index is 0.0282. The number of carbonyl (C=O) groups is 3. The fourth-order valence-corrected chi connectivity index (χ4v) is 3.39. The molecule has 1 unspecified atom stereocenters. The van der Waals surface area contributed by atoms with Crippen LogP contribution < -0.4 is 5.32 Å². The highest BCUT2D eigenvalue weighted by Gasteiger charge is 2.33. The molecule has 3 rings (SSSR count). The summed E-state index contributed by atoms with van der Waals surface area (Å²) in [5.74, 6) is -0.335. The first-order valence-electron chi connectivity index (χ1n) is 8.41. The second-order valence-electron chi connectivity index (χ2n) is 6.61. The Balaban J connectivity index is 1.70. The quantitative estimate of drug-likeness (QED) is 0.921. The van der Waals surface area contributed by atoms with Crippen LogP contribution in [-0.4, -0.2) is 47.3 Å². The zero-order valence-corrected chi connectivity index (χ0v) is 14.2. The Hall–Kier alpha value is -2.37. The highest BCUT2D eigenvalue weighted by molar-refractivity contribution is 5.98. The van der Waals surface area contributed by atoms with Crippen LogP contribution in [0, 0.1) is 13.8 Å². The van der Waals surface area contributed by atoms with Crippen LogP contribution in [0.4, 0.5) is 4.79 Å². The van der Waals surface area contributed by atoms with E-state index in [-0.39, 0.29) is 30.8 Å². The molecule has 0 spiro atoms. The molecule has 2 saturated heterocycles. The minimum atomic E-state index is -0.471. The number of imide groups is 1. The van der Waals surface area contributed by atoms with E-state index in [1.54, 1.807) is 0 Å². The van der Waals surface area contributed by atoms with Crippen LogP contribution in [0.15, 0.2) is 18.2 Å². The van der Waals surface area contributed by atoms with Crippen molar-refractivity contribution in [1.29, 1.82) is 0 Å². The molecule has 128 valence electrons. The van der Waals surface area contributed by atoms with Crippen molar-refractivity contribution in [2.24, 2.45) is 0 Å². The van der Waals surface area contributed by atoms with Gasteiger partial charge in [0.05, 0.1) is 6.04 Å². The highest BCUT2D eigenvalue weighted by Crippen LogP contribution is 2.33. The van der Waals surface area contributed by atoms with E-state index < -0.39 is 6.03 Å². The number of amides is 4. The molecular formula is C18H23N3O3. The molecule has 2 aliphatic heterocycles. The lowest BCUT2D eigenvalue weighted by atomic mass is 9.99. The molecule has 6 heteroatoms. The van der Waals surface area contributed by atoms with E-state index in [0.717, 1.165) is 18.4 Å². The van der Waals surface area contributed by atoms with Gasteiger partial charge in [0, 0.05) is 19.5 Å². The van der Waals surface area contributed by atoms with Gasteiger partial charge < -0.3 is 9.80 Å². The molecule has 0 bridgehead atoms. The van der Waals surface area contributed by atoms with Crippen molar-refractivity contribution < 1.29 is 14.4 Å². The van der Waals surface area contributed by atoms with Crippen molar-refractivity contribution in [2.45, 2.75) is 39.2 Å². The zero-order valence-electron chi connectivity index (χ0n) is 14.2. The van der Waals surface area contributed by atoms with Crippen LogP contribution in [0.25, 0.3) is 0 Å². The van der Waals surface area contributed by atoms with Gasteiger partial charge >= 0.3 is 6.03 Å². The lowest BCUT2D eigenvalue weighted by Gasteiger charge is -2.30. The first kappa shape index (κ1) is 16.5. The smallest absolute Gasteiger partial charge is 0.324 e. The molecule has 2 aliphatic rings. The van der Waals surface area contributed by atoms with Gasteiger partial charge in [-0.1, -0.05) is 18.2 Å². The van der Waals surface area contributed by atoms with Crippen LogP contribution in [0.3, 0.4) is 0 Å². The van der Waals surface area contributed by atoms with Gasteiger partial charge in [0.1, 0.15) is 6.54 Å². The number of likely N-dealkylation sites (tertiary alicyclic amines) is 1. The fourth-order valence-electron chi connectivity index (χ4n) is 3.39. The van der Waals surface area contributed by atoms with E-state index >= 15 is 0 Å². The average Bonchev–Trinajstić information content (AvgIpc) is 3.02. The third-order valence-corrected chi connectivity index (χ3v) is 4.96. The second-order valence-corrected chi connectivity index (χ2v) is 6.61. The lowest BCUT2D eigenvalue weighted by molar-refractivity contribution is -0.133. The Morgan fingerprint density at radius 3 is 2.71 bits per heavy atom. The Morgan fingerprint density at radius 1 is 1.21 bits per heavy atom. The molecule has 24 heavy (non-hydrogen) atoms. The predicted octanol–water partition coefficient (Wildman–Crippen LogP) is 1.91. The first-order valence-corrected chi connectivity index (χ1v) is 8.41. The molecule has 1 atom stereocenters. The van der Waals surface area contributed by atoms with E-state index in [1.165, 1.54) is 16.0 Å². The number of nitrogens with zero attached hydrogens (tertiary/aromatic N) is 2. The summed E-state index contributed by atoms with van der Waals surface area (Å²) in [4.78, 5) is 39.0. The Morgan fingerprint density at radius 2 is 2.00 bits per heavy atom. The fraction of sp³-hybridized carbons (Fsp3) is 0.500. The van der Waals surface area contributed by atoms with Crippen molar-refractivity contribution in [3.8, 4) is 0 Å². The first-order chi connectivity index (χ1) is 11.5. The summed E-state index contributed by atoms with van der Waals surface area (Å²) in [6, 6.07) is 5.94. The number of nitrogens with one attached hydrogen (secondary N) is 1. The standard InChI is InChI=1S/C18H23N3O3/c1-12-5-6-14(10-13(12)2)15-4-3-8-21(15)17(23)11-20-9-7-16(22)19-18(20)24/h5-6,10,15H,3-4,7-9,11H2,1-2H3,(H,19,22,24). The molecule has 0 aliphatic carbocycles. The molecule has 1 aromatic rings. The lowest BCUT2D eigenvalue weighted by Crippen LogP contribution is -2.52. The average molecular weight is 329 g/mol. The van der Waals surface area contributed by atoms with Gasteiger partial charge in [0.15, 0.2) is 0 Å². The Kier molecular flexibility index (Phi) is 4.55. The van der Waals surface area contributed by atoms with Gasteiger partial charge in [-0.25, -0.2) is 4.79 Å². The van der Waals surface area contributed by atoms with E-state index in [1.807, 2.05) is 4.90 Å². The third kappa shape index (κ3) is 3.27. The van der Waals surface area contributed by atoms with E-state index in [4.69, 9.17) is 0 Å². The molecule has 4 amide bonds. The topological polar surface area (TPSA) is 69.7 Å². The number of urea groups is 1. The van der Waals surface area contributed by atoms with Gasteiger partial charge in [0.2, 0.25) is 11.8 Å². The maximum absolute atomic E-state index is 12.7.